The highest BCUT2D eigenvalue weighted by molar-refractivity contribution is 7.20. The van der Waals surface area contributed by atoms with E-state index in [2.05, 4.69) is 10.00 Å². The van der Waals surface area contributed by atoms with Crippen LogP contribution in [0.25, 0.3) is 15.9 Å². The number of aromatic hydroxyl groups is 1. The molecule has 8 heteroatoms. The van der Waals surface area contributed by atoms with Crippen LogP contribution in [0, 0.1) is 6.92 Å². The van der Waals surface area contributed by atoms with Crippen LogP contribution in [-0.4, -0.2) is 51.9 Å². The van der Waals surface area contributed by atoms with Gasteiger partial charge in [0.15, 0.2) is 0 Å². The van der Waals surface area contributed by atoms with Crippen LogP contribution in [0.2, 0.25) is 5.02 Å². The molecule has 31 heavy (non-hydrogen) atoms. The van der Waals surface area contributed by atoms with Gasteiger partial charge in [-0.2, -0.15) is 5.10 Å². The molecule has 6 nitrogen and oxygen atoms in total. The van der Waals surface area contributed by atoms with E-state index in [1.54, 1.807) is 12.1 Å². The third-order valence-electron chi connectivity index (χ3n) is 5.61. The van der Waals surface area contributed by atoms with Gasteiger partial charge in [0.1, 0.15) is 10.6 Å². The van der Waals surface area contributed by atoms with Crippen LogP contribution in [-0.2, 0) is 0 Å². The number of phenolic OH excluding ortho intramolecular Hbond substituents is 1. The van der Waals surface area contributed by atoms with E-state index >= 15 is 0 Å². The molecule has 1 amide bonds. The quantitative estimate of drug-likeness (QED) is 0.488. The summed E-state index contributed by atoms with van der Waals surface area (Å²) in [6.45, 7) is 4.82. The number of hydrogen-bond acceptors (Lipinski definition) is 5. The van der Waals surface area contributed by atoms with Gasteiger partial charge >= 0.3 is 0 Å². The van der Waals surface area contributed by atoms with Crippen molar-refractivity contribution >= 4 is 44.7 Å². The van der Waals surface area contributed by atoms with Gasteiger partial charge in [-0.05, 0) is 61.5 Å². The van der Waals surface area contributed by atoms with Crippen LogP contribution in [0.4, 0.5) is 5.69 Å². The number of halogens is 1. The summed E-state index contributed by atoms with van der Waals surface area (Å²) in [4.78, 5) is 19.0. The van der Waals surface area contributed by atoms with E-state index in [4.69, 9.17) is 11.6 Å². The monoisotopic (exact) mass is 452 g/mol. The Kier molecular flexibility index (Phi) is 5.08. The highest BCUT2D eigenvalue weighted by atomic mass is 35.5. The zero-order valence-corrected chi connectivity index (χ0v) is 18.5. The van der Waals surface area contributed by atoms with Gasteiger partial charge in [0.2, 0.25) is 0 Å². The summed E-state index contributed by atoms with van der Waals surface area (Å²) in [5.41, 5.74) is 2.88. The number of carbonyl (C=O) groups excluding carboxylic acids is 1. The van der Waals surface area contributed by atoms with Crippen LogP contribution in [0.3, 0.4) is 0 Å². The topological polar surface area (TPSA) is 61.6 Å². The molecule has 0 aliphatic carbocycles. The number of thiophene rings is 1. The van der Waals surface area contributed by atoms with Crippen molar-refractivity contribution in [2.75, 3.05) is 31.1 Å². The Hall–Kier alpha value is -3.03. The fourth-order valence-electron chi connectivity index (χ4n) is 3.90. The largest absolute Gasteiger partial charge is 0.508 e. The second-order valence-electron chi connectivity index (χ2n) is 7.60. The first-order valence-electron chi connectivity index (χ1n) is 10.1. The van der Waals surface area contributed by atoms with Gasteiger partial charge in [-0.1, -0.05) is 11.6 Å². The number of phenols is 1. The number of aromatic nitrogens is 2. The van der Waals surface area contributed by atoms with Gasteiger partial charge in [0, 0.05) is 42.3 Å². The SMILES string of the molecule is Cc1nn(-c2ccc(Cl)cc2)c2sc(C(=O)N3CCN(c4ccc(O)cc4)CC3)cc12. The van der Waals surface area contributed by atoms with Gasteiger partial charge in [0.05, 0.1) is 16.3 Å². The Bertz CT molecular complexity index is 1240. The highest BCUT2D eigenvalue weighted by Gasteiger charge is 2.25. The lowest BCUT2D eigenvalue weighted by Gasteiger charge is -2.36. The summed E-state index contributed by atoms with van der Waals surface area (Å²) < 4.78 is 1.88. The highest BCUT2D eigenvalue weighted by Crippen LogP contribution is 2.32. The summed E-state index contributed by atoms with van der Waals surface area (Å²) in [5.74, 6) is 0.323. The number of fused-ring (bicyclic) bond motifs is 1. The maximum atomic E-state index is 13.2. The van der Waals surface area contributed by atoms with Gasteiger partial charge in [-0.25, -0.2) is 4.68 Å². The normalized spacial score (nSPS) is 14.4. The Morgan fingerprint density at radius 1 is 1.00 bits per heavy atom. The Labute approximate surface area is 188 Å². The van der Waals surface area contributed by atoms with E-state index in [-0.39, 0.29) is 11.7 Å². The number of amides is 1. The van der Waals surface area contributed by atoms with Crippen molar-refractivity contribution in [1.29, 1.82) is 0 Å². The lowest BCUT2D eigenvalue weighted by Crippen LogP contribution is -2.48. The van der Waals surface area contributed by atoms with Crippen LogP contribution >= 0.6 is 22.9 Å². The molecule has 0 bridgehead atoms. The second-order valence-corrected chi connectivity index (χ2v) is 9.07. The molecular formula is C23H21ClN4O2S. The van der Waals surface area contributed by atoms with E-state index < -0.39 is 0 Å². The zero-order chi connectivity index (χ0) is 21.5. The van der Waals surface area contributed by atoms with Crippen LogP contribution in [0.15, 0.2) is 54.6 Å². The predicted molar refractivity (Wildman–Crippen MR) is 125 cm³/mol. The van der Waals surface area contributed by atoms with E-state index in [0.29, 0.717) is 18.1 Å². The van der Waals surface area contributed by atoms with Gasteiger partial charge in [-0.15, -0.1) is 11.3 Å². The number of carbonyl (C=O) groups is 1. The standard InChI is InChI=1S/C23H21ClN4O2S/c1-15-20-14-21(31-23(20)28(25-15)18-4-2-16(24)3-5-18)22(30)27-12-10-26(11-13-27)17-6-8-19(29)9-7-17/h2-9,14,29H,10-13H2,1H3. The average molecular weight is 453 g/mol. The zero-order valence-electron chi connectivity index (χ0n) is 17.0. The number of hydrogen-bond donors (Lipinski definition) is 1. The summed E-state index contributed by atoms with van der Waals surface area (Å²) in [6, 6.07) is 16.7. The number of anilines is 1. The Morgan fingerprint density at radius 2 is 1.65 bits per heavy atom. The summed E-state index contributed by atoms with van der Waals surface area (Å²) >= 11 is 7.50. The van der Waals surface area contributed by atoms with Gasteiger partial charge < -0.3 is 14.9 Å². The number of rotatable bonds is 3. The first-order valence-corrected chi connectivity index (χ1v) is 11.3. The molecule has 5 rings (SSSR count). The first kappa shape index (κ1) is 19.9. The molecule has 3 heterocycles. The van der Waals surface area contributed by atoms with Gasteiger partial charge in [-0.3, -0.25) is 4.79 Å². The molecule has 158 valence electrons. The van der Waals surface area contributed by atoms with E-state index in [1.807, 2.05) is 59.0 Å². The molecular weight excluding hydrogens is 432 g/mol. The van der Waals surface area contributed by atoms with Crippen molar-refractivity contribution < 1.29 is 9.90 Å². The first-order chi connectivity index (χ1) is 15.0. The van der Waals surface area contributed by atoms with Crippen molar-refractivity contribution in [2.45, 2.75) is 6.92 Å². The molecule has 0 unspecified atom stereocenters. The van der Waals surface area contributed by atoms with E-state index in [1.165, 1.54) is 11.3 Å². The summed E-state index contributed by atoms with van der Waals surface area (Å²) in [5, 5.41) is 15.8. The molecule has 4 aromatic rings. The maximum Gasteiger partial charge on any atom is 0.264 e. The predicted octanol–water partition coefficient (Wildman–Crippen LogP) is 4.72. The van der Waals surface area contributed by atoms with E-state index in [9.17, 15) is 9.90 Å². The molecule has 0 radical (unpaired) electrons. The molecule has 2 aromatic heterocycles. The molecule has 0 spiro atoms. The fourth-order valence-corrected chi connectivity index (χ4v) is 5.17. The molecule has 1 fully saturated rings. The number of piperazine rings is 1. The van der Waals surface area contributed by atoms with Crippen molar-refractivity contribution in [2.24, 2.45) is 0 Å². The van der Waals surface area contributed by atoms with E-state index in [0.717, 1.165) is 45.3 Å². The molecule has 1 saturated heterocycles. The Balaban J connectivity index is 1.35. The van der Waals surface area contributed by atoms with Crippen molar-refractivity contribution in [1.82, 2.24) is 14.7 Å². The molecule has 0 saturated carbocycles. The molecule has 0 atom stereocenters. The minimum absolute atomic E-state index is 0.0635. The third kappa shape index (κ3) is 3.75. The molecule has 1 N–H and O–H groups in total. The van der Waals surface area contributed by atoms with Crippen molar-refractivity contribution in [3.63, 3.8) is 0 Å². The number of benzene rings is 2. The molecule has 2 aromatic carbocycles. The average Bonchev–Trinajstić information content (AvgIpc) is 3.35. The second kappa shape index (κ2) is 7.90. The molecule has 1 aliphatic rings. The minimum atomic E-state index is 0.0635. The van der Waals surface area contributed by atoms with Crippen molar-refractivity contribution in [3.05, 3.63) is 70.2 Å². The fraction of sp³-hybridized carbons (Fsp3) is 0.217. The summed E-state index contributed by atoms with van der Waals surface area (Å²) in [6.07, 6.45) is 0. The minimum Gasteiger partial charge on any atom is -0.508 e. The number of aryl methyl sites for hydroxylation is 1. The lowest BCUT2D eigenvalue weighted by atomic mass is 10.2. The maximum absolute atomic E-state index is 13.2. The van der Waals surface area contributed by atoms with Gasteiger partial charge in [0.25, 0.3) is 5.91 Å². The van der Waals surface area contributed by atoms with Crippen molar-refractivity contribution in [3.8, 4) is 11.4 Å². The van der Waals surface area contributed by atoms with Crippen LogP contribution in [0.1, 0.15) is 15.4 Å². The lowest BCUT2D eigenvalue weighted by molar-refractivity contribution is 0.0751. The summed E-state index contributed by atoms with van der Waals surface area (Å²) in [7, 11) is 0. The van der Waals surface area contributed by atoms with Crippen LogP contribution in [0.5, 0.6) is 5.75 Å². The number of nitrogens with zero attached hydrogens (tertiary/aromatic N) is 4. The Morgan fingerprint density at radius 3 is 2.32 bits per heavy atom. The third-order valence-corrected chi connectivity index (χ3v) is 6.96. The van der Waals surface area contributed by atoms with Crippen LogP contribution < -0.4 is 4.90 Å². The molecule has 1 aliphatic heterocycles. The smallest absolute Gasteiger partial charge is 0.264 e.